The van der Waals surface area contributed by atoms with Gasteiger partial charge in [-0.2, -0.15) is 13.5 Å². The van der Waals surface area contributed by atoms with Gasteiger partial charge in [0.2, 0.25) is 0 Å². The van der Waals surface area contributed by atoms with E-state index in [1.54, 1.807) is 13.1 Å². The van der Waals surface area contributed by atoms with E-state index in [1.807, 2.05) is 18.2 Å². The Hall–Kier alpha value is -2.36. The highest BCUT2D eigenvalue weighted by Gasteiger charge is 2.08. The number of aromatic nitrogens is 1. The van der Waals surface area contributed by atoms with Crippen LogP contribution in [0.3, 0.4) is 0 Å². The highest BCUT2D eigenvalue weighted by Crippen LogP contribution is 2.13. The van der Waals surface area contributed by atoms with Gasteiger partial charge in [0, 0.05) is 11.9 Å². The van der Waals surface area contributed by atoms with Gasteiger partial charge in [0.1, 0.15) is 0 Å². The van der Waals surface area contributed by atoms with Crippen molar-refractivity contribution in [2.45, 2.75) is 11.8 Å². The van der Waals surface area contributed by atoms with Gasteiger partial charge >= 0.3 is 0 Å². The second-order valence-corrected chi connectivity index (χ2v) is 6.31. The van der Waals surface area contributed by atoms with Crippen LogP contribution in [-0.2, 0) is 10.1 Å². The van der Waals surface area contributed by atoms with Crippen molar-refractivity contribution in [2.24, 2.45) is 5.10 Å². The third-order valence-electron chi connectivity index (χ3n) is 2.77. The summed E-state index contributed by atoms with van der Waals surface area (Å²) in [5, 5.41) is 7.19. The second kappa shape index (κ2) is 7.27. The van der Waals surface area contributed by atoms with Crippen LogP contribution in [0.25, 0.3) is 0 Å². The number of benzene rings is 1. The molecule has 0 saturated carbocycles. The van der Waals surface area contributed by atoms with E-state index < -0.39 is 10.1 Å². The summed E-state index contributed by atoms with van der Waals surface area (Å²) >= 11 is 5.09. The van der Waals surface area contributed by atoms with Gasteiger partial charge in [-0.05, 0) is 55.5 Å². The lowest BCUT2D eigenvalue weighted by atomic mass is 10.3. The number of hydrogen-bond acceptors (Lipinski definition) is 5. The van der Waals surface area contributed by atoms with E-state index in [4.69, 9.17) is 16.8 Å². The number of anilines is 1. The van der Waals surface area contributed by atoms with Crippen LogP contribution in [0.4, 0.5) is 5.69 Å². The summed E-state index contributed by atoms with van der Waals surface area (Å²) in [4.78, 5) is 3.97. The predicted molar refractivity (Wildman–Crippen MR) is 92.1 cm³/mol. The fourth-order valence-corrected chi connectivity index (χ4v) is 2.28. The first-order valence-electron chi connectivity index (χ1n) is 6.46. The monoisotopic (exact) mass is 350 g/mol. The average molecular weight is 350 g/mol. The van der Waals surface area contributed by atoms with Crippen LogP contribution in [0.2, 0.25) is 0 Å². The molecule has 7 nitrogen and oxygen atoms in total. The number of hydrogen-bond donors (Lipinski definition) is 3. The lowest BCUT2D eigenvalue weighted by molar-refractivity contribution is 0.483. The summed E-state index contributed by atoms with van der Waals surface area (Å²) in [6.45, 7) is 1.79. The van der Waals surface area contributed by atoms with Crippen molar-refractivity contribution >= 4 is 38.8 Å². The Bertz CT molecular complexity index is 819. The van der Waals surface area contributed by atoms with Gasteiger partial charge in [-0.15, -0.1) is 0 Å². The fourth-order valence-electron chi connectivity index (χ4n) is 1.64. The zero-order valence-electron chi connectivity index (χ0n) is 12.1. The maximum atomic E-state index is 11.0. The normalized spacial score (nSPS) is 11.8. The Balaban J connectivity index is 1.97. The number of nitrogens with zero attached hydrogens (tertiary/aromatic N) is 2. The van der Waals surface area contributed by atoms with Gasteiger partial charge in [-0.1, -0.05) is 6.07 Å². The van der Waals surface area contributed by atoms with Gasteiger partial charge in [0.15, 0.2) is 5.11 Å². The van der Waals surface area contributed by atoms with Crippen LogP contribution < -0.4 is 10.7 Å². The van der Waals surface area contributed by atoms with Crippen molar-refractivity contribution in [1.29, 1.82) is 0 Å². The zero-order valence-corrected chi connectivity index (χ0v) is 13.7. The molecule has 0 aliphatic rings. The molecule has 1 aromatic heterocycles. The molecule has 0 atom stereocenters. The molecule has 9 heteroatoms. The smallest absolute Gasteiger partial charge is 0.294 e. The molecule has 120 valence electrons. The zero-order chi connectivity index (χ0) is 16.9. The van der Waals surface area contributed by atoms with Crippen LogP contribution in [0, 0.1) is 0 Å². The Morgan fingerprint density at radius 3 is 2.48 bits per heavy atom. The van der Waals surface area contributed by atoms with Gasteiger partial charge < -0.3 is 5.32 Å². The van der Waals surface area contributed by atoms with Crippen molar-refractivity contribution in [2.75, 3.05) is 5.32 Å². The van der Waals surface area contributed by atoms with E-state index in [0.29, 0.717) is 11.4 Å². The Kier molecular flexibility index (Phi) is 5.37. The number of thiocarbonyl (C=S) groups is 1. The van der Waals surface area contributed by atoms with Crippen molar-refractivity contribution in [3.8, 4) is 0 Å². The molecule has 1 aromatic carbocycles. The minimum atomic E-state index is -4.21. The van der Waals surface area contributed by atoms with E-state index >= 15 is 0 Å². The van der Waals surface area contributed by atoms with Crippen LogP contribution in [0.15, 0.2) is 58.7 Å². The third-order valence-corrected chi connectivity index (χ3v) is 3.83. The van der Waals surface area contributed by atoms with E-state index in [0.717, 1.165) is 5.69 Å². The van der Waals surface area contributed by atoms with Crippen LogP contribution >= 0.6 is 12.2 Å². The topological polar surface area (TPSA) is 104 Å². The molecule has 3 N–H and O–H groups in total. The minimum absolute atomic E-state index is 0.189. The molecule has 0 spiro atoms. The quantitative estimate of drug-likeness (QED) is 0.335. The summed E-state index contributed by atoms with van der Waals surface area (Å²) in [5.41, 5.74) is 4.62. The molecule has 2 aromatic rings. The van der Waals surface area contributed by atoms with Gasteiger partial charge in [-0.3, -0.25) is 15.0 Å². The molecule has 2 rings (SSSR count). The van der Waals surface area contributed by atoms with E-state index in [-0.39, 0.29) is 10.0 Å². The average Bonchev–Trinajstić information content (AvgIpc) is 2.53. The summed E-state index contributed by atoms with van der Waals surface area (Å²) in [6.07, 6.45) is 1.67. The Morgan fingerprint density at radius 2 is 1.91 bits per heavy atom. The van der Waals surface area contributed by atoms with Crippen LogP contribution in [0.1, 0.15) is 12.6 Å². The summed E-state index contributed by atoms with van der Waals surface area (Å²) in [5.74, 6) is 0. The number of pyridine rings is 1. The van der Waals surface area contributed by atoms with Crippen molar-refractivity contribution in [1.82, 2.24) is 10.4 Å². The molecule has 0 radical (unpaired) electrons. The first-order valence-corrected chi connectivity index (χ1v) is 8.31. The highest BCUT2D eigenvalue weighted by atomic mass is 32.2. The number of hydrazone groups is 1. The molecule has 1 heterocycles. The maximum absolute atomic E-state index is 11.0. The molecule has 0 bridgehead atoms. The molecular formula is C14H14N4O3S2. The standard InChI is InChI=1S/C14H14N4O3S2/c1-10(13-4-2-3-9-15-13)17-18-14(22)16-11-5-7-12(8-6-11)23(19,20)21/h2-9H,1H3,(H2,16,18,22)(H,19,20,21). The highest BCUT2D eigenvalue weighted by molar-refractivity contribution is 7.85. The van der Waals surface area contributed by atoms with Crippen molar-refractivity contribution in [3.63, 3.8) is 0 Å². The lowest BCUT2D eigenvalue weighted by Gasteiger charge is -2.08. The summed E-state index contributed by atoms with van der Waals surface area (Å²) in [7, 11) is -4.21. The van der Waals surface area contributed by atoms with E-state index in [1.165, 1.54) is 24.3 Å². The number of nitrogens with one attached hydrogen (secondary N) is 2. The SMILES string of the molecule is CC(=NNC(=S)Nc1ccc(S(=O)(=O)O)cc1)c1ccccn1. The Labute approximate surface area is 139 Å². The van der Waals surface area contributed by atoms with Crippen molar-refractivity contribution in [3.05, 3.63) is 54.4 Å². The summed E-state index contributed by atoms with van der Waals surface area (Å²) in [6, 6.07) is 11.0. The molecule has 0 aliphatic heterocycles. The third kappa shape index (κ3) is 5.09. The molecule has 0 amide bonds. The lowest BCUT2D eigenvalue weighted by Crippen LogP contribution is -2.25. The predicted octanol–water partition coefficient (Wildman–Crippen LogP) is 2.04. The van der Waals surface area contributed by atoms with Gasteiger partial charge in [-0.25, -0.2) is 0 Å². The van der Waals surface area contributed by atoms with E-state index in [9.17, 15) is 8.42 Å². The van der Waals surface area contributed by atoms with Crippen LogP contribution in [-0.4, -0.2) is 28.8 Å². The largest absolute Gasteiger partial charge is 0.331 e. The molecular weight excluding hydrogens is 336 g/mol. The Morgan fingerprint density at radius 1 is 1.22 bits per heavy atom. The minimum Gasteiger partial charge on any atom is -0.331 e. The first-order chi connectivity index (χ1) is 10.9. The fraction of sp³-hybridized carbons (Fsp3) is 0.0714. The van der Waals surface area contributed by atoms with Gasteiger partial charge in [0.25, 0.3) is 10.1 Å². The van der Waals surface area contributed by atoms with E-state index in [2.05, 4.69) is 20.8 Å². The molecule has 0 saturated heterocycles. The van der Waals surface area contributed by atoms with Crippen molar-refractivity contribution < 1.29 is 13.0 Å². The van der Waals surface area contributed by atoms with Crippen LogP contribution in [0.5, 0.6) is 0 Å². The number of rotatable bonds is 4. The maximum Gasteiger partial charge on any atom is 0.294 e. The molecule has 23 heavy (non-hydrogen) atoms. The first kappa shape index (κ1) is 17.0. The molecule has 0 aliphatic carbocycles. The summed E-state index contributed by atoms with van der Waals surface area (Å²) < 4.78 is 30.8. The molecule has 0 unspecified atom stereocenters. The second-order valence-electron chi connectivity index (χ2n) is 4.48. The molecule has 0 fully saturated rings. The van der Waals surface area contributed by atoms with Gasteiger partial charge in [0.05, 0.1) is 16.3 Å².